The van der Waals surface area contributed by atoms with Crippen LogP contribution in [0.4, 0.5) is 5.82 Å². The van der Waals surface area contributed by atoms with E-state index in [-0.39, 0.29) is 5.82 Å². The Labute approximate surface area is 84.5 Å². The summed E-state index contributed by atoms with van der Waals surface area (Å²) in [5.74, 6) is 0.241. The number of halogens is 2. The van der Waals surface area contributed by atoms with Crippen molar-refractivity contribution in [3.63, 3.8) is 0 Å². The van der Waals surface area contributed by atoms with E-state index in [0.29, 0.717) is 15.6 Å². The molecule has 0 atom stereocenters. The standard InChI is InChI=1S/C8H5Cl2N3/c9-6-4-1-2-12-3-5(4)7(10)13-8(6)11/h1-3H,(H2,11,13). The Bertz CT molecular complexity index is 470. The molecule has 0 fully saturated rings. The lowest BCUT2D eigenvalue weighted by Gasteiger charge is -2.03. The molecule has 0 aliphatic carbocycles. The number of hydrogen-bond donors (Lipinski definition) is 1. The summed E-state index contributed by atoms with van der Waals surface area (Å²) in [5, 5.41) is 2.23. The number of rotatable bonds is 0. The third-order valence-corrected chi connectivity index (χ3v) is 2.41. The number of hydrogen-bond acceptors (Lipinski definition) is 3. The molecular weight excluding hydrogens is 209 g/mol. The molecule has 2 N–H and O–H groups in total. The molecule has 13 heavy (non-hydrogen) atoms. The number of nitrogens with zero attached hydrogens (tertiary/aromatic N) is 2. The summed E-state index contributed by atoms with van der Waals surface area (Å²) in [6.45, 7) is 0. The number of anilines is 1. The van der Waals surface area contributed by atoms with Gasteiger partial charge in [0.05, 0.1) is 5.02 Å². The highest BCUT2D eigenvalue weighted by Gasteiger charge is 2.07. The largest absolute Gasteiger partial charge is 0.382 e. The first-order valence-electron chi connectivity index (χ1n) is 3.54. The first kappa shape index (κ1) is 8.53. The molecule has 0 saturated carbocycles. The van der Waals surface area contributed by atoms with Crippen LogP contribution in [0.1, 0.15) is 0 Å². The molecular formula is C8H5Cl2N3. The minimum Gasteiger partial charge on any atom is -0.382 e. The third-order valence-electron chi connectivity index (χ3n) is 1.72. The fourth-order valence-corrected chi connectivity index (χ4v) is 1.55. The van der Waals surface area contributed by atoms with E-state index in [1.54, 1.807) is 18.5 Å². The van der Waals surface area contributed by atoms with E-state index in [1.165, 1.54) is 0 Å². The number of nitrogen functional groups attached to an aromatic ring is 1. The van der Waals surface area contributed by atoms with Crippen molar-refractivity contribution < 1.29 is 0 Å². The first-order chi connectivity index (χ1) is 6.20. The second-order valence-corrected chi connectivity index (χ2v) is 3.26. The van der Waals surface area contributed by atoms with E-state index < -0.39 is 0 Å². The molecule has 0 spiro atoms. The van der Waals surface area contributed by atoms with Crippen molar-refractivity contribution in [2.24, 2.45) is 0 Å². The van der Waals surface area contributed by atoms with Gasteiger partial charge in [0.25, 0.3) is 0 Å². The van der Waals surface area contributed by atoms with Crippen LogP contribution in [0.25, 0.3) is 10.8 Å². The zero-order valence-corrected chi connectivity index (χ0v) is 7.97. The summed E-state index contributed by atoms with van der Waals surface area (Å²) in [5.41, 5.74) is 5.54. The molecule has 0 aliphatic rings. The van der Waals surface area contributed by atoms with Gasteiger partial charge < -0.3 is 5.73 Å². The molecule has 0 radical (unpaired) electrons. The Morgan fingerprint density at radius 1 is 1.23 bits per heavy atom. The summed E-state index contributed by atoms with van der Waals surface area (Å²) >= 11 is 11.8. The van der Waals surface area contributed by atoms with Gasteiger partial charge in [0, 0.05) is 23.2 Å². The van der Waals surface area contributed by atoms with Crippen LogP contribution in [0, 0.1) is 0 Å². The molecule has 2 heterocycles. The summed E-state index contributed by atoms with van der Waals surface area (Å²) in [6, 6.07) is 1.75. The van der Waals surface area contributed by atoms with Crippen LogP contribution >= 0.6 is 23.2 Å². The first-order valence-corrected chi connectivity index (χ1v) is 4.30. The van der Waals surface area contributed by atoms with Crippen LogP contribution in [-0.2, 0) is 0 Å². The van der Waals surface area contributed by atoms with E-state index in [2.05, 4.69) is 9.97 Å². The molecule has 0 bridgehead atoms. The molecule has 5 heteroatoms. The highest BCUT2D eigenvalue weighted by atomic mass is 35.5. The topological polar surface area (TPSA) is 51.8 Å². The van der Waals surface area contributed by atoms with Gasteiger partial charge in [-0.2, -0.15) is 0 Å². The molecule has 3 nitrogen and oxygen atoms in total. The van der Waals surface area contributed by atoms with E-state index in [1.807, 2.05) is 0 Å². The predicted molar refractivity (Wildman–Crippen MR) is 54.0 cm³/mol. The summed E-state index contributed by atoms with van der Waals surface area (Å²) < 4.78 is 0. The van der Waals surface area contributed by atoms with Gasteiger partial charge in [-0.1, -0.05) is 23.2 Å². The fourth-order valence-electron chi connectivity index (χ4n) is 1.10. The summed E-state index contributed by atoms with van der Waals surface area (Å²) in [6.07, 6.45) is 3.24. The van der Waals surface area contributed by atoms with E-state index in [4.69, 9.17) is 28.9 Å². The normalized spacial score (nSPS) is 10.6. The SMILES string of the molecule is Nc1nc(Cl)c2cnccc2c1Cl. The maximum atomic E-state index is 5.92. The summed E-state index contributed by atoms with van der Waals surface area (Å²) in [7, 11) is 0. The number of pyridine rings is 2. The zero-order valence-electron chi connectivity index (χ0n) is 6.46. The lowest BCUT2D eigenvalue weighted by atomic mass is 10.2. The smallest absolute Gasteiger partial charge is 0.144 e. The maximum absolute atomic E-state index is 5.92. The second kappa shape index (κ2) is 3.01. The van der Waals surface area contributed by atoms with Gasteiger partial charge in [-0.15, -0.1) is 0 Å². The maximum Gasteiger partial charge on any atom is 0.144 e. The van der Waals surface area contributed by atoms with Crippen molar-refractivity contribution in [2.45, 2.75) is 0 Å². The minimum atomic E-state index is 0.241. The monoisotopic (exact) mass is 213 g/mol. The third kappa shape index (κ3) is 1.30. The second-order valence-electron chi connectivity index (χ2n) is 2.52. The summed E-state index contributed by atoms with van der Waals surface area (Å²) in [4.78, 5) is 7.79. The van der Waals surface area contributed by atoms with Crippen LogP contribution in [0.2, 0.25) is 10.2 Å². The van der Waals surface area contributed by atoms with E-state index >= 15 is 0 Å². The Morgan fingerprint density at radius 2 is 2.00 bits per heavy atom. The van der Waals surface area contributed by atoms with E-state index in [0.717, 1.165) is 5.39 Å². The van der Waals surface area contributed by atoms with Crippen LogP contribution in [0.3, 0.4) is 0 Å². The van der Waals surface area contributed by atoms with Crippen LogP contribution in [-0.4, -0.2) is 9.97 Å². The van der Waals surface area contributed by atoms with Gasteiger partial charge in [-0.25, -0.2) is 4.98 Å². The Hall–Kier alpha value is -1.06. The molecule has 0 unspecified atom stereocenters. The van der Waals surface area contributed by atoms with Crippen molar-refractivity contribution in [2.75, 3.05) is 5.73 Å². The Kier molecular flexibility index (Phi) is 1.98. The van der Waals surface area contributed by atoms with E-state index in [9.17, 15) is 0 Å². The molecule has 0 aromatic carbocycles. The van der Waals surface area contributed by atoms with Gasteiger partial charge >= 0.3 is 0 Å². The zero-order chi connectivity index (χ0) is 9.42. The highest BCUT2D eigenvalue weighted by molar-refractivity contribution is 6.41. The van der Waals surface area contributed by atoms with Crippen molar-refractivity contribution in [3.05, 3.63) is 28.6 Å². The van der Waals surface area contributed by atoms with Gasteiger partial charge in [-0.05, 0) is 6.07 Å². The molecule has 2 rings (SSSR count). The molecule has 2 aromatic rings. The Morgan fingerprint density at radius 3 is 2.77 bits per heavy atom. The van der Waals surface area contributed by atoms with Crippen molar-refractivity contribution >= 4 is 39.8 Å². The Balaban J connectivity index is 2.97. The van der Waals surface area contributed by atoms with Crippen LogP contribution in [0.5, 0.6) is 0 Å². The molecule has 66 valence electrons. The molecule has 2 aromatic heterocycles. The lowest BCUT2D eigenvalue weighted by Crippen LogP contribution is -1.93. The number of nitrogens with two attached hydrogens (primary N) is 1. The van der Waals surface area contributed by atoms with Gasteiger partial charge in [0.15, 0.2) is 0 Å². The van der Waals surface area contributed by atoms with Crippen LogP contribution in [0.15, 0.2) is 18.5 Å². The molecule has 0 saturated heterocycles. The minimum absolute atomic E-state index is 0.241. The van der Waals surface area contributed by atoms with Gasteiger partial charge in [-0.3, -0.25) is 4.98 Å². The average molecular weight is 214 g/mol. The molecule has 0 aliphatic heterocycles. The lowest BCUT2D eigenvalue weighted by molar-refractivity contribution is 1.32. The fraction of sp³-hybridized carbons (Fsp3) is 0. The van der Waals surface area contributed by atoms with Crippen LogP contribution < -0.4 is 5.73 Å². The van der Waals surface area contributed by atoms with Crippen molar-refractivity contribution in [1.29, 1.82) is 0 Å². The van der Waals surface area contributed by atoms with Crippen molar-refractivity contribution in [1.82, 2.24) is 9.97 Å². The predicted octanol–water partition coefficient (Wildman–Crippen LogP) is 2.52. The molecule has 0 amide bonds. The quantitative estimate of drug-likeness (QED) is 0.685. The highest BCUT2D eigenvalue weighted by Crippen LogP contribution is 2.30. The van der Waals surface area contributed by atoms with Gasteiger partial charge in [0.2, 0.25) is 0 Å². The number of fused-ring (bicyclic) bond motifs is 1. The van der Waals surface area contributed by atoms with Crippen molar-refractivity contribution in [3.8, 4) is 0 Å². The number of aromatic nitrogens is 2. The van der Waals surface area contributed by atoms with Gasteiger partial charge in [0.1, 0.15) is 11.0 Å². The average Bonchev–Trinajstić information content (AvgIpc) is 2.15.